The van der Waals surface area contributed by atoms with Crippen molar-refractivity contribution in [3.05, 3.63) is 35.5 Å². The smallest absolute Gasteiger partial charge is 0.0510 e. The second kappa shape index (κ2) is 4.30. The van der Waals surface area contributed by atoms with E-state index >= 15 is 0 Å². The Morgan fingerprint density at radius 3 is 2.69 bits per heavy atom. The molecule has 0 atom stereocenters. The van der Waals surface area contributed by atoms with Crippen LogP contribution in [0.2, 0.25) is 0 Å². The molecule has 1 aromatic carbocycles. The van der Waals surface area contributed by atoms with Crippen LogP contribution in [0.3, 0.4) is 0 Å². The number of aromatic nitrogens is 1. The molecule has 0 aliphatic rings. The maximum Gasteiger partial charge on any atom is 0.0510 e. The number of rotatable bonds is 3. The van der Waals surface area contributed by atoms with Gasteiger partial charge in [0.15, 0.2) is 0 Å². The van der Waals surface area contributed by atoms with Crippen molar-refractivity contribution < 1.29 is 0 Å². The zero-order valence-electron chi connectivity index (χ0n) is 10.5. The molecule has 86 valence electrons. The maximum absolute atomic E-state index is 3.46. The lowest BCUT2D eigenvalue weighted by atomic mass is 10.2. The molecule has 0 fully saturated rings. The lowest BCUT2D eigenvalue weighted by Gasteiger charge is -2.09. The summed E-state index contributed by atoms with van der Waals surface area (Å²) < 4.78 is 2.29. The Morgan fingerprint density at radius 2 is 2.06 bits per heavy atom. The molecule has 0 aliphatic carbocycles. The predicted molar refractivity (Wildman–Crippen MR) is 69.6 cm³/mol. The normalized spacial score (nSPS) is 11.6. The topological polar surface area (TPSA) is 17.0 Å². The summed E-state index contributed by atoms with van der Waals surface area (Å²) in [5.74, 6) is 0. The average molecular weight is 216 g/mol. The SMILES string of the molecule is Cc1cccc2cc(CNC(C)C)n(C)c12. The first-order chi connectivity index (χ1) is 7.59. The van der Waals surface area contributed by atoms with Gasteiger partial charge in [0.25, 0.3) is 0 Å². The van der Waals surface area contributed by atoms with Crippen LogP contribution in [0.15, 0.2) is 24.3 Å². The van der Waals surface area contributed by atoms with E-state index in [0.717, 1.165) is 6.54 Å². The molecule has 2 rings (SSSR count). The molecular weight excluding hydrogens is 196 g/mol. The molecule has 0 saturated heterocycles. The van der Waals surface area contributed by atoms with Gasteiger partial charge in [0.2, 0.25) is 0 Å². The van der Waals surface area contributed by atoms with Crippen molar-refractivity contribution in [2.45, 2.75) is 33.4 Å². The van der Waals surface area contributed by atoms with Gasteiger partial charge >= 0.3 is 0 Å². The number of fused-ring (bicyclic) bond motifs is 1. The van der Waals surface area contributed by atoms with Gasteiger partial charge in [-0.2, -0.15) is 0 Å². The zero-order chi connectivity index (χ0) is 11.7. The van der Waals surface area contributed by atoms with Gasteiger partial charge in [-0.15, -0.1) is 0 Å². The third kappa shape index (κ3) is 1.98. The van der Waals surface area contributed by atoms with Gasteiger partial charge in [0, 0.05) is 30.7 Å². The van der Waals surface area contributed by atoms with Crippen LogP contribution < -0.4 is 5.32 Å². The number of hydrogen-bond donors (Lipinski definition) is 1. The molecule has 0 aliphatic heterocycles. The number of nitrogens with one attached hydrogen (secondary N) is 1. The molecule has 1 N–H and O–H groups in total. The van der Waals surface area contributed by atoms with Crippen molar-refractivity contribution in [1.82, 2.24) is 9.88 Å². The fourth-order valence-electron chi connectivity index (χ4n) is 2.15. The third-order valence-corrected chi connectivity index (χ3v) is 3.05. The zero-order valence-corrected chi connectivity index (χ0v) is 10.5. The lowest BCUT2D eigenvalue weighted by Crippen LogP contribution is -2.23. The molecule has 0 bridgehead atoms. The van der Waals surface area contributed by atoms with E-state index in [1.165, 1.54) is 22.2 Å². The van der Waals surface area contributed by atoms with Crippen molar-refractivity contribution in [1.29, 1.82) is 0 Å². The number of hydrogen-bond acceptors (Lipinski definition) is 1. The lowest BCUT2D eigenvalue weighted by molar-refractivity contribution is 0.572. The quantitative estimate of drug-likeness (QED) is 0.834. The Labute approximate surface area is 97.3 Å². The first kappa shape index (κ1) is 11.2. The number of benzene rings is 1. The van der Waals surface area contributed by atoms with E-state index in [-0.39, 0.29) is 0 Å². The van der Waals surface area contributed by atoms with Crippen molar-refractivity contribution in [2.24, 2.45) is 7.05 Å². The van der Waals surface area contributed by atoms with E-state index in [0.29, 0.717) is 6.04 Å². The maximum atomic E-state index is 3.46. The van der Waals surface area contributed by atoms with E-state index in [9.17, 15) is 0 Å². The molecule has 1 heterocycles. The van der Waals surface area contributed by atoms with Crippen LogP contribution in [0.4, 0.5) is 0 Å². The summed E-state index contributed by atoms with van der Waals surface area (Å²) in [6.07, 6.45) is 0. The Morgan fingerprint density at radius 1 is 1.31 bits per heavy atom. The minimum absolute atomic E-state index is 0.527. The molecule has 16 heavy (non-hydrogen) atoms. The van der Waals surface area contributed by atoms with E-state index in [4.69, 9.17) is 0 Å². The van der Waals surface area contributed by atoms with Crippen LogP contribution in [0.1, 0.15) is 25.1 Å². The number of nitrogens with zero attached hydrogens (tertiary/aromatic N) is 1. The number of aryl methyl sites for hydroxylation is 2. The summed E-state index contributed by atoms with van der Waals surface area (Å²) in [5, 5.41) is 4.80. The van der Waals surface area contributed by atoms with E-state index in [1.54, 1.807) is 0 Å². The molecular formula is C14H20N2. The highest BCUT2D eigenvalue weighted by atomic mass is 15.0. The minimum Gasteiger partial charge on any atom is -0.346 e. The second-order valence-electron chi connectivity index (χ2n) is 4.74. The Kier molecular flexibility index (Phi) is 3.01. The Bertz CT molecular complexity index is 495. The largest absolute Gasteiger partial charge is 0.346 e. The fourth-order valence-corrected chi connectivity index (χ4v) is 2.15. The van der Waals surface area contributed by atoms with Crippen LogP contribution in [0.5, 0.6) is 0 Å². The minimum atomic E-state index is 0.527. The van der Waals surface area contributed by atoms with E-state index < -0.39 is 0 Å². The van der Waals surface area contributed by atoms with Gasteiger partial charge in [-0.3, -0.25) is 0 Å². The Balaban J connectivity index is 2.40. The average Bonchev–Trinajstić information content (AvgIpc) is 2.54. The van der Waals surface area contributed by atoms with Crippen LogP contribution in [0, 0.1) is 6.92 Å². The molecule has 0 spiro atoms. The molecule has 2 nitrogen and oxygen atoms in total. The molecule has 0 radical (unpaired) electrons. The second-order valence-corrected chi connectivity index (χ2v) is 4.74. The van der Waals surface area contributed by atoms with Crippen molar-refractivity contribution in [3.63, 3.8) is 0 Å². The van der Waals surface area contributed by atoms with Crippen LogP contribution >= 0.6 is 0 Å². The molecule has 0 unspecified atom stereocenters. The van der Waals surface area contributed by atoms with Gasteiger partial charge in [-0.05, 0) is 18.6 Å². The molecule has 0 saturated carbocycles. The Hall–Kier alpha value is -1.28. The van der Waals surface area contributed by atoms with Crippen LogP contribution in [-0.2, 0) is 13.6 Å². The van der Waals surface area contributed by atoms with Crippen LogP contribution in [-0.4, -0.2) is 10.6 Å². The van der Waals surface area contributed by atoms with Crippen molar-refractivity contribution in [2.75, 3.05) is 0 Å². The van der Waals surface area contributed by atoms with Crippen molar-refractivity contribution in [3.8, 4) is 0 Å². The van der Waals surface area contributed by atoms with E-state index in [2.05, 4.69) is 62.0 Å². The molecule has 1 aromatic heterocycles. The van der Waals surface area contributed by atoms with Gasteiger partial charge < -0.3 is 9.88 Å². The fraction of sp³-hybridized carbons (Fsp3) is 0.429. The highest BCUT2D eigenvalue weighted by Gasteiger charge is 2.07. The van der Waals surface area contributed by atoms with Gasteiger partial charge in [-0.25, -0.2) is 0 Å². The third-order valence-electron chi connectivity index (χ3n) is 3.05. The summed E-state index contributed by atoms with van der Waals surface area (Å²) in [6.45, 7) is 7.45. The highest BCUT2D eigenvalue weighted by Crippen LogP contribution is 2.21. The highest BCUT2D eigenvalue weighted by molar-refractivity contribution is 5.84. The monoisotopic (exact) mass is 216 g/mol. The summed E-state index contributed by atoms with van der Waals surface area (Å²) in [5.41, 5.74) is 4.04. The molecule has 2 aromatic rings. The first-order valence-electron chi connectivity index (χ1n) is 5.87. The number of para-hydroxylation sites is 1. The van der Waals surface area contributed by atoms with Gasteiger partial charge in [0.1, 0.15) is 0 Å². The summed E-state index contributed by atoms with van der Waals surface area (Å²) in [4.78, 5) is 0. The summed E-state index contributed by atoms with van der Waals surface area (Å²) in [6, 6.07) is 9.28. The van der Waals surface area contributed by atoms with Gasteiger partial charge in [0.05, 0.1) is 5.52 Å². The predicted octanol–water partition coefficient (Wildman–Crippen LogP) is 2.98. The summed E-state index contributed by atoms with van der Waals surface area (Å²) in [7, 11) is 2.15. The summed E-state index contributed by atoms with van der Waals surface area (Å²) >= 11 is 0. The van der Waals surface area contributed by atoms with Gasteiger partial charge in [-0.1, -0.05) is 32.0 Å². The molecule has 2 heteroatoms. The standard InChI is InChI=1S/C14H20N2/c1-10(2)15-9-13-8-12-7-5-6-11(3)14(12)16(13)4/h5-8,10,15H,9H2,1-4H3. The first-order valence-corrected chi connectivity index (χ1v) is 5.87. The van der Waals surface area contributed by atoms with E-state index in [1.807, 2.05) is 0 Å². The van der Waals surface area contributed by atoms with Crippen LogP contribution in [0.25, 0.3) is 10.9 Å². The van der Waals surface area contributed by atoms with Crippen molar-refractivity contribution >= 4 is 10.9 Å². The molecule has 0 amide bonds.